The van der Waals surface area contributed by atoms with Gasteiger partial charge < -0.3 is 10.2 Å². The van der Waals surface area contributed by atoms with E-state index in [4.69, 9.17) is 0 Å². The fourth-order valence-electron chi connectivity index (χ4n) is 7.10. The molecular formula is C20H30O3. The Morgan fingerprint density at radius 3 is 2.74 bits per heavy atom. The van der Waals surface area contributed by atoms with E-state index in [1.807, 2.05) is 6.08 Å². The first kappa shape index (κ1) is 15.8. The summed E-state index contributed by atoms with van der Waals surface area (Å²) in [6.45, 7) is 4.64. The molecule has 0 amide bonds. The van der Waals surface area contributed by atoms with E-state index in [1.165, 1.54) is 5.57 Å². The molecule has 0 saturated heterocycles. The van der Waals surface area contributed by atoms with Crippen LogP contribution < -0.4 is 0 Å². The maximum absolute atomic E-state index is 12.0. The minimum atomic E-state index is -0.175. The third kappa shape index (κ3) is 1.93. The molecule has 2 N–H and O–H groups in total. The van der Waals surface area contributed by atoms with Gasteiger partial charge in [-0.1, -0.05) is 19.4 Å². The molecule has 3 nitrogen and oxygen atoms in total. The van der Waals surface area contributed by atoms with Gasteiger partial charge in [0.05, 0.1) is 12.7 Å². The van der Waals surface area contributed by atoms with Crippen LogP contribution in [-0.4, -0.2) is 28.7 Å². The second kappa shape index (κ2) is 5.16. The van der Waals surface area contributed by atoms with Gasteiger partial charge in [0.1, 0.15) is 0 Å². The Hall–Kier alpha value is -0.670. The number of ketones is 1. The standard InChI is InChI=1S/C20H30O3/c1-12-9-14(22)10-13-3-4-15-16-5-6-18(23)19(16,2)8-7-17(15)20(12,13)11-21/h10,12,15-18,21,23H,3-9,11H2,1-2H3/t12-,15-,16-,17-,18-,19-,20-/m0/s1. The van der Waals surface area contributed by atoms with E-state index in [0.29, 0.717) is 24.2 Å². The summed E-state index contributed by atoms with van der Waals surface area (Å²) in [4.78, 5) is 12.0. The molecule has 0 aromatic rings. The minimum Gasteiger partial charge on any atom is -0.395 e. The average Bonchev–Trinajstić information content (AvgIpc) is 2.82. The quantitative estimate of drug-likeness (QED) is 0.781. The number of carbonyl (C=O) groups excluding carboxylic acids is 1. The molecule has 4 aliphatic rings. The zero-order valence-corrected chi connectivity index (χ0v) is 14.4. The first-order chi connectivity index (χ1) is 10.9. The Kier molecular flexibility index (Phi) is 3.55. The van der Waals surface area contributed by atoms with Gasteiger partial charge in [-0.3, -0.25) is 4.79 Å². The molecule has 0 radical (unpaired) electrons. The molecule has 0 unspecified atom stereocenters. The SMILES string of the molecule is C[C@H]1CC(=O)C=C2CC[C@H]3[C@@H]4CC[C@H](O)[C@@]4(C)CC[C@@H]3[C@]21CO. The topological polar surface area (TPSA) is 57.5 Å². The molecule has 3 saturated carbocycles. The van der Waals surface area contributed by atoms with Crippen molar-refractivity contribution in [2.24, 2.45) is 34.5 Å². The third-order valence-electron chi connectivity index (χ3n) is 8.38. The Morgan fingerprint density at radius 1 is 1.22 bits per heavy atom. The number of hydrogen-bond donors (Lipinski definition) is 2. The highest BCUT2D eigenvalue weighted by atomic mass is 16.3. The number of aliphatic hydroxyl groups excluding tert-OH is 2. The van der Waals surface area contributed by atoms with Crippen LogP contribution in [0.4, 0.5) is 0 Å². The molecular weight excluding hydrogens is 288 g/mol. The molecule has 0 bridgehead atoms. The second-order valence-electron chi connectivity index (χ2n) is 8.99. The molecule has 4 rings (SSSR count). The summed E-state index contributed by atoms with van der Waals surface area (Å²) in [7, 11) is 0. The molecule has 0 spiro atoms. The molecule has 128 valence electrons. The van der Waals surface area contributed by atoms with Crippen molar-refractivity contribution < 1.29 is 15.0 Å². The molecule has 0 heterocycles. The first-order valence-corrected chi connectivity index (χ1v) is 9.46. The lowest BCUT2D eigenvalue weighted by Crippen LogP contribution is -2.56. The summed E-state index contributed by atoms with van der Waals surface area (Å²) in [6, 6.07) is 0. The Balaban J connectivity index is 1.75. The van der Waals surface area contributed by atoms with E-state index < -0.39 is 0 Å². The minimum absolute atomic E-state index is 0.0761. The van der Waals surface area contributed by atoms with Crippen LogP contribution in [0.1, 0.15) is 58.8 Å². The molecule has 7 atom stereocenters. The van der Waals surface area contributed by atoms with Crippen molar-refractivity contribution in [2.75, 3.05) is 6.61 Å². The smallest absolute Gasteiger partial charge is 0.155 e. The Bertz CT molecular complexity index is 553. The number of rotatable bonds is 1. The lowest BCUT2D eigenvalue weighted by Gasteiger charge is -2.60. The summed E-state index contributed by atoms with van der Waals surface area (Å²) in [5.74, 6) is 2.16. The van der Waals surface area contributed by atoms with Crippen LogP contribution in [-0.2, 0) is 4.79 Å². The van der Waals surface area contributed by atoms with Crippen LogP contribution in [0.5, 0.6) is 0 Å². The van der Waals surface area contributed by atoms with Gasteiger partial charge in [-0.25, -0.2) is 0 Å². The highest BCUT2D eigenvalue weighted by molar-refractivity contribution is 5.92. The van der Waals surface area contributed by atoms with Gasteiger partial charge in [-0.05, 0) is 73.7 Å². The monoisotopic (exact) mass is 318 g/mol. The fraction of sp³-hybridized carbons (Fsp3) is 0.850. The van der Waals surface area contributed by atoms with E-state index in [1.54, 1.807) is 0 Å². The largest absolute Gasteiger partial charge is 0.395 e. The zero-order valence-electron chi connectivity index (χ0n) is 14.4. The van der Waals surface area contributed by atoms with Gasteiger partial charge in [0.2, 0.25) is 0 Å². The molecule has 4 aliphatic carbocycles. The van der Waals surface area contributed by atoms with Crippen LogP contribution >= 0.6 is 0 Å². The summed E-state index contributed by atoms with van der Waals surface area (Å²) in [6.07, 6.45) is 8.61. The number of hydrogen-bond acceptors (Lipinski definition) is 3. The van der Waals surface area contributed by atoms with Crippen molar-refractivity contribution in [1.82, 2.24) is 0 Å². The molecule has 3 fully saturated rings. The zero-order chi connectivity index (χ0) is 16.4. The van der Waals surface area contributed by atoms with Crippen molar-refractivity contribution in [3.8, 4) is 0 Å². The van der Waals surface area contributed by atoms with Crippen LogP contribution in [0.15, 0.2) is 11.6 Å². The van der Waals surface area contributed by atoms with Gasteiger partial charge in [-0.2, -0.15) is 0 Å². The Morgan fingerprint density at radius 2 is 2.00 bits per heavy atom. The van der Waals surface area contributed by atoms with Crippen molar-refractivity contribution >= 4 is 5.78 Å². The van der Waals surface area contributed by atoms with Gasteiger partial charge >= 0.3 is 0 Å². The summed E-state index contributed by atoms with van der Waals surface area (Å²) >= 11 is 0. The van der Waals surface area contributed by atoms with Crippen LogP contribution in [0.25, 0.3) is 0 Å². The molecule has 0 aromatic carbocycles. The van der Waals surface area contributed by atoms with E-state index >= 15 is 0 Å². The maximum atomic E-state index is 12.0. The summed E-state index contributed by atoms with van der Waals surface area (Å²) in [5, 5.41) is 20.9. The van der Waals surface area contributed by atoms with E-state index in [0.717, 1.165) is 38.5 Å². The van der Waals surface area contributed by atoms with Gasteiger partial charge in [0.15, 0.2) is 5.78 Å². The average molecular weight is 318 g/mol. The highest BCUT2D eigenvalue weighted by Gasteiger charge is 2.61. The molecule has 0 aromatic heterocycles. The highest BCUT2D eigenvalue weighted by Crippen LogP contribution is 2.66. The first-order valence-electron chi connectivity index (χ1n) is 9.46. The van der Waals surface area contributed by atoms with Crippen molar-refractivity contribution in [1.29, 1.82) is 0 Å². The number of carbonyl (C=O) groups is 1. The van der Waals surface area contributed by atoms with Crippen LogP contribution in [0, 0.1) is 34.5 Å². The molecule has 23 heavy (non-hydrogen) atoms. The predicted octanol–water partition coefficient (Wildman–Crippen LogP) is 3.10. The van der Waals surface area contributed by atoms with Gasteiger partial charge in [0.25, 0.3) is 0 Å². The third-order valence-corrected chi connectivity index (χ3v) is 8.38. The lowest BCUT2D eigenvalue weighted by molar-refractivity contribution is -0.126. The van der Waals surface area contributed by atoms with Gasteiger partial charge in [0, 0.05) is 11.8 Å². The van der Waals surface area contributed by atoms with E-state index in [-0.39, 0.29) is 35.2 Å². The van der Waals surface area contributed by atoms with Crippen molar-refractivity contribution in [3.63, 3.8) is 0 Å². The predicted molar refractivity (Wildman–Crippen MR) is 88.7 cm³/mol. The van der Waals surface area contributed by atoms with Crippen LogP contribution in [0.2, 0.25) is 0 Å². The normalized spacial score (nSPS) is 52.4. The van der Waals surface area contributed by atoms with E-state index in [9.17, 15) is 15.0 Å². The molecule has 3 heteroatoms. The van der Waals surface area contributed by atoms with E-state index in [2.05, 4.69) is 13.8 Å². The Labute approximate surface area is 139 Å². The maximum Gasteiger partial charge on any atom is 0.155 e. The number of aliphatic hydroxyl groups is 2. The summed E-state index contributed by atoms with van der Waals surface area (Å²) < 4.78 is 0. The molecule has 0 aliphatic heterocycles. The van der Waals surface area contributed by atoms with Gasteiger partial charge in [-0.15, -0.1) is 0 Å². The van der Waals surface area contributed by atoms with Crippen LogP contribution in [0.3, 0.4) is 0 Å². The second-order valence-corrected chi connectivity index (χ2v) is 8.99. The van der Waals surface area contributed by atoms with Crippen molar-refractivity contribution in [2.45, 2.75) is 64.9 Å². The lowest BCUT2D eigenvalue weighted by atomic mass is 9.45. The summed E-state index contributed by atoms with van der Waals surface area (Å²) in [5.41, 5.74) is 1.13. The number of fused-ring (bicyclic) bond motifs is 5. The van der Waals surface area contributed by atoms with Crippen molar-refractivity contribution in [3.05, 3.63) is 11.6 Å². The fourth-order valence-corrected chi connectivity index (χ4v) is 7.10.